The summed E-state index contributed by atoms with van der Waals surface area (Å²) in [6, 6.07) is 7.24. The van der Waals surface area contributed by atoms with Gasteiger partial charge in [0, 0.05) is 0 Å². The predicted octanol–water partition coefficient (Wildman–Crippen LogP) is 2.69. The quantitative estimate of drug-likeness (QED) is 0.809. The molecule has 0 aliphatic rings. The molecule has 2 atom stereocenters. The molecule has 1 rings (SSSR count). The van der Waals surface area contributed by atoms with Gasteiger partial charge in [-0.2, -0.15) is 0 Å². The van der Waals surface area contributed by atoms with Crippen LogP contribution in [0.1, 0.15) is 32.3 Å². The number of ether oxygens (including phenoxy) is 1. The summed E-state index contributed by atoms with van der Waals surface area (Å²) in [6.07, 6.45) is 1.74. The van der Waals surface area contributed by atoms with Gasteiger partial charge in [0.2, 0.25) is 0 Å². The van der Waals surface area contributed by atoms with Crippen LogP contribution < -0.4 is 10.5 Å². The Kier molecular flexibility index (Phi) is 6.16. The number of rotatable bonds is 7. The molecule has 2 N–H and O–H groups in total. The Hall–Kier alpha value is -1.06. The molecule has 1 radical (unpaired) electrons. The van der Waals surface area contributed by atoms with Crippen molar-refractivity contribution in [2.24, 2.45) is 5.92 Å². The van der Waals surface area contributed by atoms with Crippen molar-refractivity contribution in [1.82, 2.24) is 5.73 Å². The monoisotopic (exact) mass is 250 g/mol. The highest BCUT2D eigenvalue weighted by Crippen LogP contribution is 2.15. The lowest BCUT2D eigenvalue weighted by Gasteiger charge is -2.19. The Morgan fingerprint density at radius 2 is 1.78 bits per heavy atom. The predicted molar refractivity (Wildman–Crippen MR) is 73.7 cm³/mol. The van der Waals surface area contributed by atoms with E-state index in [4.69, 9.17) is 10.5 Å². The van der Waals surface area contributed by atoms with Gasteiger partial charge in [0.25, 0.3) is 0 Å². The third-order valence-corrected chi connectivity index (χ3v) is 3.12. The molecule has 3 heteroatoms. The van der Waals surface area contributed by atoms with Gasteiger partial charge in [-0.05, 0) is 42.9 Å². The molecule has 0 fully saturated rings. The zero-order valence-electron chi connectivity index (χ0n) is 11.5. The lowest BCUT2D eigenvalue weighted by Crippen LogP contribution is -2.29. The molecule has 1 aromatic carbocycles. The highest BCUT2D eigenvalue weighted by Gasteiger charge is 2.16. The highest BCUT2D eigenvalue weighted by molar-refractivity contribution is 5.27. The van der Waals surface area contributed by atoms with Crippen LogP contribution in [0.4, 0.5) is 0 Å². The van der Waals surface area contributed by atoms with E-state index in [1.54, 1.807) is 7.11 Å². The van der Waals surface area contributed by atoms with E-state index in [-0.39, 0.29) is 0 Å². The van der Waals surface area contributed by atoms with Crippen LogP contribution in [0.25, 0.3) is 0 Å². The van der Waals surface area contributed by atoms with Gasteiger partial charge in [-0.15, -0.1) is 0 Å². The molecule has 0 saturated heterocycles. The van der Waals surface area contributed by atoms with Gasteiger partial charge in [-0.1, -0.05) is 26.0 Å². The second-order valence-electron chi connectivity index (χ2n) is 5.20. The van der Waals surface area contributed by atoms with E-state index in [1.165, 1.54) is 0 Å². The first-order valence-corrected chi connectivity index (χ1v) is 6.55. The molecule has 0 spiro atoms. The molecule has 0 saturated carbocycles. The maximum Gasteiger partial charge on any atom is 0.118 e. The van der Waals surface area contributed by atoms with E-state index in [0.29, 0.717) is 18.8 Å². The summed E-state index contributed by atoms with van der Waals surface area (Å²) >= 11 is 0. The molecule has 0 bridgehead atoms. The molecule has 0 aliphatic carbocycles. The van der Waals surface area contributed by atoms with Crippen molar-refractivity contribution in [2.45, 2.75) is 45.3 Å². The second-order valence-corrected chi connectivity index (χ2v) is 5.20. The van der Waals surface area contributed by atoms with Crippen LogP contribution in [0.15, 0.2) is 24.3 Å². The van der Waals surface area contributed by atoms with E-state index >= 15 is 0 Å². The van der Waals surface area contributed by atoms with Crippen molar-refractivity contribution in [3.63, 3.8) is 0 Å². The standard InChI is InChI=1S/C15H24NO2/c1-11(2)4-9-15(17)14(16)10-12-5-7-13(18-3)8-6-12/h5-8,11,14-17H,4,9-10H2,1-3H3. The summed E-state index contributed by atoms with van der Waals surface area (Å²) < 4.78 is 5.09. The molecule has 3 nitrogen and oxygen atoms in total. The van der Waals surface area contributed by atoms with Gasteiger partial charge >= 0.3 is 0 Å². The summed E-state index contributed by atoms with van der Waals surface area (Å²) in [5, 5.41) is 9.92. The summed E-state index contributed by atoms with van der Waals surface area (Å²) in [5.74, 6) is 1.40. The van der Waals surface area contributed by atoms with Crippen LogP contribution in [-0.2, 0) is 6.42 Å². The smallest absolute Gasteiger partial charge is 0.118 e. The van der Waals surface area contributed by atoms with E-state index in [1.807, 2.05) is 24.3 Å². The van der Waals surface area contributed by atoms with Gasteiger partial charge < -0.3 is 9.84 Å². The van der Waals surface area contributed by atoms with Gasteiger partial charge in [0.1, 0.15) is 5.75 Å². The van der Waals surface area contributed by atoms with Crippen LogP contribution in [0.5, 0.6) is 5.75 Å². The largest absolute Gasteiger partial charge is 0.497 e. The first-order valence-electron chi connectivity index (χ1n) is 6.55. The summed E-state index contributed by atoms with van der Waals surface area (Å²) in [4.78, 5) is 0. The Bertz CT molecular complexity index is 335. The fourth-order valence-corrected chi connectivity index (χ4v) is 1.86. The normalized spacial score (nSPS) is 14.6. The molecular weight excluding hydrogens is 226 g/mol. The lowest BCUT2D eigenvalue weighted by molar-refractivity contribution is 0.125. The summed E-state index contributed by atoms with van der Waals surface area (Å²) in [5.41, 5.74) is 9.05. The number of benzene rings is 1. The summed E-state index contributed by atoms with van der Waals surface area (Å²) in [6.45, 7) is 4.27. The van der Waals surface area contributed by atoms with Crippen molar-refractivity contribution in [3.05, 3.63) is 29.8 Å². The van der Waals surface area contributed by atoms with Crippen molar-refractivity contribution < 1.29 is 9.84 Å². The molecule has 18 heavy (non-hydrogen) atoms. The molecule has 0 amide bonds. The van der Waals surface area contributed by atoms with Crippen molar-refractivity contribution in [2.75, 3.05) is 7.11 Å². The lowest BCUT2D eigenvalue weighted by atomic mass is 9.96. The second kappa shape index (κ2) is 7.39. The minimum atomic E-state index is -0.533. The van der Waals surface area contributed by atoms with Crippen LogP contribution in [0.2, 0.25) is 0 Å². The third-order valence-electron chi connectivity index (χ3n) is 3.12. The van der Waals surface area contributed by atoms with E-state index in [0.717, 1.165) is 17.7 Å². The molecule has 1 aromatic rings. The van der Waals surface area contributed by atoms with E-state index < -0.39 is 12.1 Å². The zero-order chi connectivity index (χ0) is 13.5. The Labute approximate surface area is 110 Å². The first-order chi connectivity index (χ1) is 8.52. The molecular formula is C15H24NO2. The van der Waals surface area contributed by atoms with E-state index in [9.17, 15) is 5.11 Å². The number of aliphatic hydroxyl groups excluding tert-OH is 1. The maximum absolute atomic E-state index is 9.92. The fourth-order valence-electron chi connectivity index (χ4n) is 1.86. The van der Waals surface area contributed by atoms with Crippen molar-refractivity contribution in [1.29, 1.82) is 0 Å². The molecule has 0 aromatic heterocycles. The van der Waals surface area contributed by atoms with Crippen molar-refractivity contribution >= 4 is 0 Å². The molecule has 0 aliphatic heterocycles. The van der Waals surface area contributed by atoms with Crippen LogP contribution in [0.3, 0.4) is 0 Å². The fraction of sp³-hybridized carbons (Fsp3) is 0.600. The van der Waals surface area contributed by atoms with Crippen molar-refractivity contribution in [3.8, 4) is 5.75 Å². The van der Waals surface area contributed by atoms with Crippen LogP contribution in [-0.4, -0.2) is 24.4 Å². The average molecular weight is 250 g/mol. The minimum absolute atomic E-state index is 0.447. The van der Waals surface area contributed by atoms with Crippen LogP contribution in [0, 0.1) is 5.92 Å². The third kappa shape index (κ3) is 5.07. The van der Waals surface area contributed by atoms with Gasteiger partial charge in [-0.3, -0.25) is 5.73 Å². The maximum atomic E-state index is 9.92. The number of hydrogen-bond donors (Lipinski definition) is 1. The topological polar surface area (TPSA) is 53.3 Å². The van der Waals surface area contributed by atoms with Gasteiger partial charge in [-0.25, -0.2) is 0 Å². The number of methoxy groups -OCH3 is 1. The minimum Gasteiger partial charge on any atom is -0.497 e. The van der Waals surface area contributed by atoms with Gasteiger partial charge in [0.15, 0.2) is 0 Å². The average Bonchev–Trinajstić information content (AvgIpc) is 2.36. The van der Waals surface area contributed by atoms with Gasteiger partial charge in [0.05, 0.1) is 19.3 Å². The highest BCUT2D eigenvalue weighted by atomic mass is 16.5. The van der Waals surface area contributed by atoms with E-state index in [2.05, 4.69) is 13.8 Å². The first kappa shape index (κ1) is 15.0. The Morgan fingerprint density at radius 3 is 2.28 bits per heavy atom. The number of hydrogen-bond acceptors (Lipinski definition) is 2. The molecule has 0 heterocycles. The Balaban J connectivity index is 2.44. The SMILES string of the molecule is COc1ccc(CC([NH])C(O)CCC(C)C)cc1. The molecule has 101 valence electrons. The number of aliphatic hydroxyl groups is 1. The molecule has 2 unspecified atom stereocenters. The zero-order valence-corrected chi connectivity index (χ0v) is 11.5. The summed E-state index contributed by atoms with van der Waals surface area (Å²) in [7, 11) is 1.64. The number of nitrogens with one attached hydrogen (secondary N) is 1. The van der Waals surface area contributed by atoms with Crippen LogP contribution >= 0.6 is 0 Å². The Morgan fingerprint density at radius 1 is 1.17 bits per heavy atom.